The first kappa shape index (κ1) is 20.1. The van der Waals surface area contributed by atoms with Crippen molar-refractivity contribution in [2.45, 2.75) is 25.6 Å². The van der Waals surface area contributed by atoms with Crippen molar-refractivity contribution in [2.75, 3.05) is 31.9 Å². The quantitative estimate of drug-likeness (QED) is 0.825. The minimum Gasteiger partial charge on any atom is -0.305 e. The third-order valence-corrected chi connectivity index (χ3v) is 6.66. The maximum atomic E-state index is 11.9. The molecule has 1 N–H and O–H groups in total. The fraction of sp³-hybridized carbons (Fsp3) is 0.391. The first-order chi connectivity index (χ1) is 14.2. The molecule has 2 aromatic rings. The van der Waals surface area contributed by atoms with Gasteiger partial charge >= 0.3 is 0 Å². The van der Waals surface area contributed by atoms with Crippen molar-refractivity contribution in [3.63, 3.8) is 0 Å². The molecule has 6 heteroatoms. The summed E-state index contributed by atoms with van der Waals surface area (Å²) in [6, 6.07) is 21.2. The van der Waals surface area contributed by atoms with E-state index >= 15 is 0 Å². The Morgan fingerprint density at radius 1 is 1.03 bits per heavy atom. The first-order valence-electron chi connectivity index (χ1n) is 10.3. The Morgan fingerprint density at radius 2 is 1.69 bits per heavy atom. The summed E-state index contributed by atoms with van der Waals surface area (Å²) in [5.74, 6) is 0.850. The number of carbonyl (C=O) groups excluding carboxylic acids is 1. The number of amides is 1. The van der Waals surface area contributed by atoms with Crippen molar-refractivity contribution in [3.8, 4) is 0 Å². The number of piperazine rings is 1. The molecule has 1 atom stereocenters. The SMILES string of the molecule is CCC(=O)NC1=NC(c2ccccc2)(N2CCN(Cc3ccccc3)CC2)CS1. The highest BCUT2D eigenvalue weighted by Gasteiger charge is 2.44. The number of hydrogen-bond donors (Lipinski definition) is 1. The van der Waals surface area contributed by atoms with Gasteiger partial charge in [0.25, 0.3) is 0 Å². The minimum atomic E-state index is -0.402. The van der Waals surface area contributed by atoms with Gasteiger partial charge in [-0.05, 0) is 11.1 Å². The van der Waals surface area contributed by atoms with Crippen LogP contribution in [0.3, 0.4) is 0 Å². The molecule has 1 fully saturated rings. The zero-order valence-corrected chi connectivity index (χ0v) is 17.7. The van der Waals surface area contributed by atoms with Crippen molar-refractivity contribution in [2.24, 2.45) is 4.99 Å². The number of nitrogens with zero attached hydrogens (tertiary/aromatic N) is 3. The smallest absolute Gasteiger partial charge is 0.225 e. The van der Waals surface area contributed by atoms with Crippen molar-refractivity contribution in [3.05, 3.63) is 71.8 Å². The van der Waals surface area contributed by atoms with Crippen molar-refractivity contribution < 1.29 is 4.79 Å². The molecule has 1 saturated heterocycles. The summed E-state index contributed by atoms with van der Waals surface area (Å²) in [7, 11) is 0. The lowest BCUT2D eigenvalue weighted by atomic mass is 9.98. The maximum Gasteiger partial charge on any atom is 0.225 e. The zero-order chi connectivity index (χ0) is 20.1. The van der Waals surface area contributed by atoms with Gasteiger partial charge in [0, 0.05) is 44.9 Å². The summed E-state index contributed by atoms with van der Waals surface area (Å²) in [5, 5.41) is 3.71. The fourth-order valence-corrected chi connectivity index (χ4v) is 5.14. The lowest BCUT2D eigenvalue weighted by molar-refractivity contribution is -0.119. The van der Waals surface area contributed by atoms with E-state index < -0.39 is 5.66 Å². The molecule has 2 heterocycles. The van der Waals surface area contributed by atoms with Gasteiger partial charge in [-0.2, -0.15) is 0 Å². The van der Waals surface area contributed by atoms with E-state index in [9.17, 15) is 4.79 Å². The average Bonchev–Trinajstić information content (AvgIpc) is 3.20. The van der Waals surface area contributed by atoms with Gasteiger partial charge < -0.3 is 5.32 Å². The minimum absolute atomic E-state index is 0.0211. The average molecular weight is 409 g/mol. The molecule has 0 aliphatic carbocycles. The molecule has 152 valence electrons. The van der Waals surface area contributed by atoms with Gasteiger partial charge in [-0.1, -0.05) is 79.3 Å². The van der Waals surface area contributed by atoms with E-state index in [1.54, 1.807) is 11.8 Å². The van der Waals surface area contributed by atoms with Crippen LogP contribution >= 0.6 is 11.8 Å². The highest BCUT2D eigenvalue weighted by Crippen LogP contribution is 2.40. The lowest BCUT2D eigenvalue weighted by Crippen LogP contribution is -2.55. The van der Waals surface area contributed by atoms with E-state index in [1.807, 2.05) is 13.0 Å². The number of hydrogen-bond acceptors (Lipinski definition) is 5. The Bertz CT molecular complexity index is 850. The van der Waals surface area contributed by atoms with E-state index in [-0.39, 0.29) is 5.91 Å². The number of nitrogens with one attached hydrogen (secondary N) is 1. The van der Waals surface area contributed by atoms with Gasteiger partial charge in [0.05, 0.1) is 0 Å². The topological polar surface area (TPSA) is 47.9 Å². The Kier molecular flexibility index (Phi) is 6.33. The van der Waals surface area contributed by atoms with Crippen LogP contribution in [0, 0.1) is 0 Å². The fourth-order valence-electron chi connectivity index (χ4n) is 3.99. The number of rotatable bonds is 5. The van der Waals surface area contributed by atoms with Crippen LogP contribution in [0.15, 0.2) is 65.7 Å². The number of carbonyl (C=O) groups is 1. The van der Waals surface area contributed by atoms with Crippen LogP contribution in [0.2, 0.25) is 0 Å². The molecule has 5 nitrogen and oxygen atoms in total. The molecule has 1 unspecified atom stereocenters. The molecular formula is C23H28N4OS. The third-order valence-electron chi connectivity index (χ3n) is 5.64. The molecule has 0 saturated carbocycles. The van der Waals surface area contributed by atoms with Crippen LogP contribution in [-0.4, -0.2) is 52.8 Å². The van der Waals surface area contributed by atoms with Crippen LogP contribution in [-0.2, 0) is 17.0 Å². The molecule has 0 spiro atoms. The van der Waals surface area contributed by atoms with Crippen LogP contribution < -0.4 is 5.32 Å². The van der Waals surface area contributed by atoms with Crippen LogP contribution in [0.1, 0.15) is 24.5 Å². The third kappa shape index (κ3) is 4.55. The molecule has 0 aromatic heterocycles. The van der Waals surface area contributed by atoms with E-state index in [1.165, 1.54) is 11.1 Å². The molecular weight excluding hydrogens is 380 g/mol. The van der Waals surface area contributed by atoms with E-state index in [4.69, 9.17) is 4.99 Å². The molecule has 29 heavy (non-hydrogen) atoms. The van der Waals surface area contributed by atoms with Gasteiger partial charge in [0.2, 0.25) is 5.91 Å². The number of aliphatic imine (C=N–C) groups is 1. The Hall–Kier alpha value is -2.15. The second-order valence-corrected chi connectivity index (χ2v) is 8.50. The second kappa shape index (κ2) is 9.11. The lowest BCUT2D eigenvalue weighted by Gasteiger charge is -2.44. The highest BCUT2D eigenvalue weighted by atomic mass is 32.2. The zero-order valence-electron chi connectivity index (χ0n) is 16.9. The van der Waals surface area contributed by atoms with E-state index in [2.05, 4.69) is 69.7 Å². The number of amidine groups is 1. The predicted molar refractivity (Wildman–Crippen MR) is 120 cm³/mol. The van der Waals surface area contributed by atoms with E-state index in [0.717, 1.165) is 43.6 Å². The Balaban J connectivity index is 1.51. The standard InChI is InChI=1S/C23H28N4OS/c1-2-21(28)24-22-25-23(18-29-22,20-11-7-4-8-12-20)27-15-13-26(14-16-27)17-19-9-5-3-6-10-19/h3-12H,2,13-18H2,1H3,(H,24,25,28). The van der Waals surface area contributed by atoms with Gasteiger partial charge in [0.15, 0.2) is 10.8 Å². The number of benzene rings is 2. The number of thioether (sulfide) groups is 1. The molecule has 2 aliphatic heterocycles. The van der Waals surface area contributed by atoms with Gasteiger partial charge in [-0.3, -0.25) is 14.6 Å². The molecule has 0 radical (unpaired) electrons. The predicted octanol–water partition coefficient (Wildman–Crippen LogP) is 3.29. The maximum absolute atomic E-state index is 11.9. The molecule has 2 aliphatic rings. The molecule has 0 bridgehead atoms. The summed E-state index contributed by atoms with van der Waals surface area (Å²) in [6.45, 7) is 6.80. The van der Waals surface area contributed by atoms with E-state index in [0.29, 0.717) is 6.42 Å². The summed E-state index contributed by atoms with van der Waals surface area (Å²) in [5.41, 5.74) is 2.16. The second-order valence-electron chi connectivity index (χ2n) is 7.54. The van der Waals surface area contributed by atoms with Crippen LogP contribution in [0.25, 0.3) is 0 Å². The Labute approximate surface area is 177 Å². The van der Waals surface area contributed by atoms with Crippen LogP contribution in [0.4, 0.5) is 0 Å². The molecule has 1 amide bonds. The van der Waals surface area contributed by atoms with Gasteiger partial charge in [-0.15, -0.1) is 0 Å². The Morgan fingerprint density at radius 3 is 2.34 bits per heavy atom. The summed E-state index contributed by atoms with van der Waals surface area (Å²) in [4.78, 5) is 21.9. The summed E-state index contributed by atoms with van der Waals surface area (Å²) >= 11 is 1.65. The van der Waals surface area contributed by atoms with Crippen molar-refractivity contribution >= 4 is 22.8 Å². The van der Waals surface area contributed by atoms with Gasteiger partial charge in [-0.25, -0.2) is 4.99 Å². The first-order valence-corrected chi connectivity index (χ1v) is 11.3. The summed E-state index contributed by atoms with van der Waals surface area (Å²) in [6.07, 6.45) is 0.468. The summed E-state index contributed by atoms with van der Waals surface area (Å²) < 4.78 is 0. The largest absolute Gasteiger partial charge is 0.305 e. The van der Waals surface area contributed by atoms with Crippen molar-refractivity contribution in [1.29, 1.82) is 0 Å². The molecule has 4 rings (SSSR count). The monoisotopic (exact) mass is 408 g/mol. The normalized spacial score (nSPS) is 23.0. The van der Waals surface area contributed by atoms with Crippen LogP contribution in [0.5, 0.6) is 0 Å². The van der Waals surface area contributed by atoms with Crippen molar-refractivity contribution in [1.82, 2.24) is 15.1 Å². The molecule has 2 aromatic carbocycles. The highest BCUT2D eigenvalue weighted by molar-refractivity contribution is 8.14. The van der Waals surface area contributed by atoms with Gasteiger partial charge in [0.1, 0.15) is 0 Å².